The number of anilines is 2. The van der Waals surface area contributed by atoms with Gasteiger partial charge in [0.05, 0.1) is 43.5 Å². The molecule has 1 heterocycles. The predicted molar refractivity (Wildman–Crippen MR) is 148 cm³/mol. The monoisotopic (exact) mass is 540 g/mol. The van der Waals surface area contributed by atoms with E-state index in [1.165, 1.54) is 0 Å². The van der Waals surface area contributed by atoms with Gasteiger partial charge in [0, 0.05) is 21.8 Å². The molecular formula is C27H20Cl4N4. The molecule has 0 saturated carbocycles. The van der Waals surface area contributed by atoms with Crippen molar-refractivity contribution in [3.05, 3.63) is 98.2 Å². The Morgan fingerprint density at radius 1 is 0.857 bits per heavy atom. The first-order valence-electron chi connectivity index (χ1n) is 11.0. The van der Waals surface area contributed by atoms with Crippen LogP contribution < -0.4 is 10.7 Å². The summed E-state index contributed by atoms with van der Waals surface area (Å²) in [6.45, 7) is 4.03. The van der Waals surface area contributed by atoms with Gasteiger partial charge in [-0.15, -0.1) is 0 Å². The summed E-state index contributed by atoms with van der Waals surface area (Å²) < 4.78 is 2.12. The standard InChI is InChI=1S/C27H20Cl4N4/c1-15(2)32-22-14-24-27(25(31)26(22)33-20-12-9-17(29)13-19(20)30)34-21-5-3-4-6-23(21)35(24)18-10-7-16(28)8-11-18/h3-15,33H,1-2H3. The fourth-order valence-electron chi connectivity index (χ4n) is 3.98. The Labute approximate surface area is 223 Å². The van der Waals surface area contributed by atoms with Crippen LogP contribution in [-0.2, 0) is 0 Å². The lowest BCUT2D eigenvalue weighted by molar-refractivity contribution is 0.806. The van der Waals surface area contributed by atoms with Gasteiger partial charge in [-0.1, -0.05) is 58.5 Å². The van der Waals surface area contributed by atoms with Gasteiger partial charge in [-0.3, -0.25) is 4.99 Å². The summed E-state index contributed by atoms with van der Waals surface area (Å²) in [7, 11) is 0. The zero-order valence-corrected chi connectivity index (χ0v) is 21.9. The second-order valence-corrected chi connectivity index (χ2v) is 9.99. The summed E-state index contributed by atoms with van der Waals surface area (Å²) in [6, 6.07) is 22.9. The van der Waals surface area contributed by atoms with Crippen LogP contribution in [0.1, 0.15) is 13.8 Å². The molecule has 35 heavy (non-hydrogen) atoms. The van der Waals surface area contributed by atoms with E-state index in [2.05, 4.69) is 9.88 Å². The molecule has 0 aromatic heterocycles. The summed E-state index contributed by atoms with van der Waals surface area (Å²) in [5.41, 5.74) is 5.44. The summed E-state index contributed by atoms with van der Waals surface area (Å²) in [4.78, 5) is 9.79. The molecule has 0 bridgehead atoms. The highest BCUT2D eigenvalue weighted by Gasteiger charge is 2.22. The van der Waals surface area contributed by atoms with E-state index >= 15 is 0 Å². The number of aromatic nitrogens is 2. The number of hydrogen-bond acceptors (Lipinski definition) is 3. The minimum absolute atomic E-state index is 0.0298. The van der Waals surface area contributed by atoms with Crippen molar-refractivity contribution in [2.75, 3.05) is 5.32 Å². The lowest BCUT2D eigenvalue weighted by atomic mass is 10.1. The van der Waals surface area contributed by atoms with Gasteiger partial charge in [-0.25, -0.2) is 4.98 Å². The number of hydrogen-bond donors (Lipinski definition) is 1. The first kappa shape index (κ1) is 24.0. The number of benzene rings is 4. The summed E-state index contributed by atoms with van der Waals surface area (Å²) >= 11 is 25.8. The van der Waals surface area contributed by atoms with Crippen LogP contribution in [0.5, 0.6) is 0 Å². The van der Waals surface area contributed by atoms with Gasteiger partial charge in [0.1, 0.15) is 5.69 Å². The molecule has 0 atom stereocenters. The van der Waals surface area contributed by atoms with Gasteiger partial charge >= 0.3 is 0 Å². The Bertz CT molecular complexity index is 1590. The fraction of sp³-hybridized carbons (Fsp3) is 0.111. The lowest BCUT2D eigenvalue weighted by Gasteiger charge is -2.22. The summed E-state index contributed by atoms with van der Waals surface area (Å²) in [5.74, 6) is 0. The Morgan fingerprint density at radius 2 is 1.57 bits per heavy atom. The van der Waals surface area contributed by atoms with E-state index in [1.54, 1.807) is 12.1 Å². The third kappa shape index (κ3) is 4.72. The quantitative estimate of drug-likeness (QED) is 0.231. The lowest BCUT2D eigenvalue weighted by Crippen LogP contribution is -2.17. The number of rotatable bonds is 4. The van der Waals surface area contributed by atoms with Crippen LogP contribution in [0.3, 0.4) is 0 Å². The minimum atomic E-state index is 0.0298. The molecule has 1 aliphatic heterocycles. The van der Waals surface area contributed by atoms with Crippen LogP contribution in [0, 0.1) is 0 Å². The second-order valence-electron chi connectivity index (χ2n) is 8.34. The average molecular weight is 542 g/mol. The smallest absolute Gasteiger partial charge is 0.109 e. The molecular weight excluding hydrogens is 522 g/mol. The zero-order chi connectivity index (χ0) is 24.7. The molecule has 0 amide bonds. The minimum Gasteiger partial charge on any atom is -0.351 e. The molecule has 1 N–H and O–H groups in total. The van der Waals surface area contributed by atoms with E-state index in [-0.39, 0.29) is 6.04 Å². The van der Waals surface area contributed by atoms with Crippen molar-refractivity contribution in [1.29, 1.82) is 0 Å². The van der Waals surface area contributed by atoms with Crippen LogP contribution in [-0.4, -0.2) is 15.6 Å². The Morgan fingerprint density at radius 3 is 2.29 bits per heavy atom. The van der Waals surface area contributed by atoms with Crippen LogP contribution in [0.15, 0.2) is 77.8 Å². The molecule has 8 heteroatoms. The maximum absolute atomic E-state index is 7.06. The summed E-state index contributed by atoms with van der Waals surface area (Å²) in [5, 5.41) is 6.20. The number of nitrogens with zero attached hydrogens (tertiary/aromatic N) is 3. The molecule has 0 fully saturated rings. The van der Waals surface area contributed by atoms with Crippen molar-refractivity contribution in [2.24, 2.45) is 4.99 Å². The molecule has 2 aliphatic rings. The topological polar surface area (TPSA) is 42.2 Å². The molecule has 3 aromatic rings. The highest BCUT2D eigenvalue weighted by Crippen LogP contribution is 2.38. The van der Waals surface area contributed by atoms with E-state index in [0.717, 1.165) is 22.4 Å². The fourth-order valence-corrected chi connectivity index (χ4v) is 4.85. The Balaban J connectivity index is 1.86. The van der Waals surface area contributed by atoms with Crippen LogP contribution >= 0.6 is 46.4 Å². The Kier molecular flexibility index (Phi) is 6.65. The van der Waals surface area contributed by atoms with E-state index in [4.69, 9.17) is 56.4 Å². The third-order valence-corrected chi connectivity index (χ3v) is 6.64. The highest BCUT2D eigenvalue weighted by molar-refractivity contribution is 6.37. The van der Waals surface area contributed by atoms with Crippen LogP contribution in [0.25, 0.3) is 28.1 Å². The number of fused-ring (bicyclic) bond motifs is 2. The first-order valence-corrected chi connectivity index (χ1v) is 12.5. The Hall–Kier alpha value is -2.76. The molecule has 5 rings (SSSR count). The van der Waals surface area contributed by atoms with Gasteiger partial charge in [-0.2, -0.15) is 0 Å². The van der Waals surface area contributed by atoms with Gasteiger partial charge < -0.3 is 9.88 Å². The predicted octanol–water partition coefficient (Wildman–Crippen LogP) is 8.80. The van der Waals surface area contributed by atoms with Crippen molar-refractivity contribution in [1.82, 2.24) is 9.55 Å². The zero-order valence-electron chi connectivity index (χ0n) is 18.9. The van der Waals surface area contributed by atoms with Crippen molar-refractivity contribution in [3.8, 4) is 17.1 Å². The first-order chi connectivity index (χ1) is 16.8. The molecule has 3 aromatic carbocycles. The third-order valence-electron chi connectivity index (χ3n) is 5.47. The SMILES string of the molecule is CC(C)N=c1cc2n(-c3ccc(Cl)cc3)c3ccccc3nc-2c(Cl)c1Nc1ccc(Cl)cc1Cl. The van der Waals surface area contributed by atoms with Crippen molar-refractivity contribution >= 4 is 68.8 Å². The van der Waals surface area contributed by atoms with Crippen molar-refractivity contribution < 1.29 is 0 Å². The molecule has 0 radical (unpaired) electrons. The molecule has 0 spiro atoms. The normalized spacial score (nSPS) is 12.1. The van der Waals surface area contributed by atoms with Crippen molar-refractivity contribution in [3.63, 3.8) is 0 Å². The van der Waals surface area contributed by atoms with Crippen LogP contribution in [0.4, 0.5) is 11.4 Å². The largest absolute Gasteiger partial charge is 0.351 e. The van der Waals surface area contributed by atoms with Crippen molar-refractivity contribution in [2.45, 2.75) is 19.9 Å². The van der Waals surface area contributed by atoms with E-state index < -0.39 is 0 Å². The average Bonchev–Trinajstić information content (AvgIpc) is 2.82. The number of nitrogens with one attached hydrogen (secondary N) is 1. The van der Waals surface area contributed by atoms with Gasteiger partial charge in [0.2, 0.25) is 0 Å². The molecule has 4 nitrogen and oxygen atoms in total. The second kappa shape index (κ2) is 9.71. The van der Waals surface area contributed by atoms with E-state index in [0.29, 0.717) is 42.5 Å². The molecule has 0 unspecified atom stereocenters. The van der Waals surface area contributed by atoms with E-state index in [1.807, 2.05) is 74.5 Å². The van der Waals surface area contributed by atoms with Gasteiger partial charge in [0.15, 0.2) is 0 Å². The maximum Gasteiger partial charge on any atom is 0.109 e. The van der Waals surface area contributed by atoms with Gasteiger partial charge in [-0.05, 0) is 74.5 Å². The summed E-state index contributed by atoms with van der Waals surface area (Å²) in [6.07, 6.45) is 0. The molecule has 176 valence electrons. The van der Waals surface area contributed by atoms with Gasteiger partial charge in [0.25, 0.3) is 0 Å². The number of halogens is 4. The molecule has 0 saturated heterocycles. The molecule has 1 aliphatic carbocycles. The number of para-hydroxylation sites is 2. The van der Waals surface area contributed by atoms with E-state index in [9.17, 15) is 0 Å². The highest BCUT2D eigenvalue weighted by atomic mass is 35.5. The maximum atomic E-state index is 7.06. The van der Waals surface area contributed by atoms with Crippen LogP contribution in [0.2, 0.25) is 20.1 Å².